The van der Waals surface area contributed by atoms with Gasteiger partial charge in [-0.3, -0.25) is 9.59 Å². The number of rotatable bonds is 6. The summed E-state index contributed by atoms with van der Waals surface area (Å²) in [7, 11) is 0. The minimum atomic E-state index is -2.63. The van der Waals surface area contributed by atoms with Crippen molar-refractivity contribution in [2.45, 2.75) is 76.6 Å². The molecule has 2 rings (SSSR count). The van der Waals surface area contributed by atoms with Crippen LogP contribution in [0.25, 0.3) is 0 Å². The first-order chi connectivity index (χ1) is 12.7. The van der Waals surface area contributed by atoms with E-state index in [0.717, 1.165) is 0 Å². The smallest absolute Gasteiger partial charge is 0.349 e. The van der Waals surface area contributed by atoms with Crippen LogP contribution in [0.15, 0.2) is 0 Å². The maximum absolute atomic E-state index is 14.7. The van der Waals surface area contributed by atoms with Crippen LogP contribution in [-0.2, 0) is 23.9 Å². The van der Waals surface area contributed by atoms with Crippen molar-refractivity contribution < 1.29 is 42.9 Å². The summed E-state index contributed by atoms with van der Waals surface area (Å²) in [6, 6.07) is 0. The van der Waals surface area contributed by atoms with Crippen molar-refractivity contribution in [3.8, 4) is 0 Å². The number of alkyl halides is 2. The van der Waals surface area contributed by atoms with E-state index in [2.05, 4.69) is 4.74 Å². The van der Waals surface area contributed by atoms with E-state index in [4.69, 9.17) is 0 Å². The molecule has 0 amide bonds. The van der Waals surface area contributed by atoms with Crippen LogP contribution in [0.2, 0.25) is 0 Å². The zero-order valence-corrected chi connectivity index (χ0v) is 14.9. The highest BCUT2D eigenvalue weighted by Gasteiger charge is 2.55. The molecule has 2 saturated carbocycles. The van der Waals surface area contributed by atoms with Crippen LogP contribution in [0.5, 0.6) is 0 Å². The Hall–Kier alpha value is -2.06. The van der Waals surface area contributed by atoms with Gasteiger partial charge in [-0.2, -0.15) is 0 Å². The van der Waals surface area contributed by atoms with Gasteiger partial charge >= 0.3 is 23.9 Å². The number of ether oxygens (including phenoxy) is 1. The predicted molar refractivity (Wildman–Crippen MR) is 87.2 cm³/mol. The molecule has 0 radical (unpaired) electrons. The fraction of sp³-hybridized carbons (Fsp3) is 0.778. The van der Waals surface area contributed by atoms with Gasteiger partial charge in [0.05, 0.1) is 0 Å². The number of carbonyl (C=O) groups is 4. The van der Waals surface area contributed by atoms with Crippen molar-refractivity contribution in [2.75, 3.05) is 0 Å². The van der Waals surface area contributed by atoms with E-state index < -0.39 is 47.1 Å². The Morgan fingerprint density at radius 3 is 1.22 bits per heavy atom. The molecule has 9 heteroatoms. The highest BCUT2D eigenvalue weighted by atomic mass is 19.1. The standard InChI is InChI=1S/C18H24F2O7/c19-11(17(15(23)24)7-3-1-4-8-17)13(21)27-14(22)12(20)18(16(25)26)9-5-2-6-10-18/h11-12H,1-10H2,(H,23,24)(H,25,26). The molecule has 2 unspecified atom stereocenters. The van der Waals surface area contributed by atoms with Gasteiger partial charge in [-0.15, -0.1) is 0 Å². The van der Waals surface area contributed by atoms with Gasteiger partial charge in [0.25, 0.3) is 0 Å². The minimum Gasteiger partial charge on any atom is -0.481 e. The summed E-state index contributed by atoms with van der Waals surface area (Å²) >= 11 is 0. The molecule has 27 heavy (non-hydrogen) atoms. The van der Waals surface area contributed by atoms with Gasteiger partial charge in [-0.1, -0.05) is 38.5 Å². The SMILES string of the molecule is O=C(OC(=O)C(F)C1(C(=O)O)CCCCC1)C(F)C1(C(=O)O)CCCCC1. The molecule has 0 saturated heterocycles. The Labute approximate surface area is 155 Å². The predicted octanol–water partition coefficient (Wildman–Crippen LogP) is 2.80. The molecule has 2 N–H and O–H groups in total. The lowest BCUT2D eigenvalue weighted by Crippen LogP contribution is -2.50. The molecule has 152 valence electrons. The number of carboxylic acid groups (broad SMARTS) is 2. The molecule has 0 aromatic rings. The second kappa shape index (κ2) is 8.31. The Morgan fingerprint density at radius 1 is 0.667 bits per heavy atom. The lowest BCUT2D eigenvalue weighted by molar-refractivity contribution is -0.183. The normalized spacial score (nSPS) is 23.6. The zero-order valence-electron chi connectivity index (χ0n) is 14.9. The summed E-state index contributed by atoms with van der Waals surface area (Å²) in [5.74, 6) is -6.57. The Balaban J connectivity index is 2.12. The van der Waals surface area contributed by atoms with Crippen molar-refractivity contribution in [1.29, 1.82) is 0 Å². The third kappa shape index (κ3) is 3.96. The summed E-state index contributed by atoms with van der Waals surface area (Å²) in [5, 5.41) is 18.8. The number of esters is 2. The number of carbonyl (C=O) groups excluding carboxylic acids is 2. The lowest BCUT2D eigenvalue weighted by atomic mass is 9.70. The van der Waals surface area contributed by atoms with Crippen molar-refractivity contribution >= 4 is 23.9 Å². The van der Waals surface area contributed by atoms with E-state index in [1.54, 1.807) is 0 Å². The molecular weight excluding hydrogens is 366 g/mol. The fourth-order valence-corrected chi connectivity index (χ4v) is 4.17. The molecule has 7 nitrogen and oxygen atoms in total. The van der Waals surface area contributed by atoms with Crippen LogP contribution in [0.1, 0.15) is 64.2 Å². The molecule has 0 bridgehead atoms. The molecule has 0 aliphatic heterocycles. The Bertz CT molecular complexity index is 555. The summed E-state index contributed by atoms with van der Waals surface area (Å²) in [6.07, 6.45) is -2.61. The summed E-state index contributed by atoms with van der Waals surface area (Å²) in [5.41, 5.74) is -4.01. The first-order valence-corrected chi connectivity index (χ1v) is 9.18. The maximum atomic E-state index is 14.7. The van der Waals surface area contributed by atoms with Crippen LogP contribution in [0, 0.1) is 10.8 Å². The topological polar surface area (TPSA) is 118 Å². The zero-order chi connectivity index (χ0) is 20.2. The molecule has 0 heterocycles. The molecule has 2 atom stereocenters. The van der Waals surface area contributed by atoms with Crippen molar-refractivity contribution in [1.82, 2.24) is 0 Å². The number of hydrogen-bond acceptors (Lipinski definition) is 5. The molecule has 2 fully saturated rings. The van der Waals surface area contributed by atoms with E-state index in [9.17, 15) is 38.2 Å². The molecule has 2 aliphatic rings. The van der Waals surface area contributed by atoms with Gasteiger partial charge in [0.1, 0.15) is 10.8 Å². The second-order valence-corrected chi connectivity index (χ2v) is 7.51. The quantitative estimate of drug-likeness (QED) is 0.529. The first-order valence-electron chi connectivity index (χ1n) is 9.18. The van der Waals surface area contributed by atoms with Gasteiger partial charge < -0.3 is 14.9 Å². The average molecular weight is 390 g/mol. The Kier molecular flexibility index (Phi) is 6.54. The van der Waals surface area contributed by atoms with Gasteiger partial charge in [0, 0.05) is 0 Å². The highest BCUT2D eigenvalue weighted by Crippen LogP contribution is 2.43. The average Bonchev–Trinajstić information content (AvgIpc) is 2.67. The number of carboxylic acids is 2. The molecule has 0 spiro atoms. The number of halogens is 2. The number of aliphatic carboxylic acids is 2. The van der Waals surface area contributed by atoms with E-state index in [1.165, 1.54) is 0 Å². The monoisotopic (exact) mass is 390 g/mol. The summed E-state index contributed by atoms with van der Waals surface area (Å²) in [4.78, 5) is 47.1. The summed E-state index contributed by atoms with van der Waals surface area (Å²) < 4.78 is 33.6. The van der Waals surface area contributed by atoms with Crippen molar-refractivity contribution in [3.63, 3.8) is 0 Å². The fourth-order valence-electron chi connectivity index (χ4n) is 4.17. The van der Waals surface area contributed by atoms with Gasteiger partial charge in [-0.25, -0.2) is 18.4 Å². The van der Waals surface area contributed by atoms with Crippen LogP contribution >= 0.6 is 0 Å². The van der Waals surface area contributed by atoms with Crippen LogP contribution in [-0.4, -0.2) is 46.4 Å². The van der Waals surface area contributed by atoms with E-state index in [-0.39, 0.29) is 25.7 Å². The third-order valence-corrected chi connectivity index (χ3v) is 5.93. The molecule has 2 aliphatic carbocycles. The third-order valence-electron chi connectivity index (χ3n) is 5.93. The summed E-state index contributed by atoms with van der Waals surface area (Å²) in [6.45, 7) is 0. The van der Waals surface area contributed by atoms with Gasteiger partial charge in [0.2, 0.25) is 12.3 Å². The van der Waals surface area contributed by atoms with E-state index in [1.807, 2.05) is 0 Å². The van der Waals surface area contributed by atoms with E-state index >= 15 is 0 Å². The minimum absolute atomic E-state index is 0.0924. The van der Waals surface area contributed by atoms with Gasteiger partial charge in [-0.05, 0) is 25.7 Å². The van der Waals surface area contributed by atoms with Crippen LogP contribution < -0.4 is 0 Å². The van der Waals surface area contributed by atoms with Crippen molar-refractivity contribution in [3.05, 3.63) is 0 Å². The second-order valence-electron chi connectivity index (χ2n) is 7.51. The molecular formula is C18H24F2O7. The van der Waals surface area contributed by atoms with Crippen molar-refractivity contribution in [2.24, 2.45) is 10.8 Å². The Morgan fingerprint density at radius 2 is 0.963 bits per heavy atom. The maximum Gasteiger partial charge on any atom is 0.349 e. The van der Waals surface area contributed by atoms with Crippen LogP contribution in [0.3, 0.4) is 0 Å². The first kappa shape index (κ1) is 21.2. The molecule has 0 aromatic carbocycles. The van der Waals surface area contributed by atoms with Gasteiger partial charge in [0.15, 0.2) is 0 Å². The molecule has 0 aromatic heterocycles. The largest absolute Gasteiger partial charge is 0.481 e. The van der Waals surface area contributed by atoms with E-state index in [0.29, 0.717) is 38.5 Å². The highest BCUT2D eigenvalue weighted by molar-refractivity contribution is 5.95. The lowest BCUT2D eigenvalue weighted by Gasteiger charge is -2.35. The number of hydrogen-bond donors (Lipinski definition) is 2. The van der Waals surface area contributed by atoms with Crippen LogP contribution in [0.4, 0.5) is 8.78 Å².